The Morgan fingerprint density at radius 2 is 1.57 bits per heavy atom. The zero-order valence-electron chi connectivity index (χ0n) is 13.1. The molecule has 0 saturated heterocycles. The quantitative estimate of drug-likeness (QED) is 0.664. The number of rotatable bonds is 5. The molecule has 1 amide bonds. The van der Waals surface area contributed by atoms with E-state index < -0.39 is 0 Å². The highest BCUT2D eigenvalue weighted by Crippen LogP contribution is 2.24. The van der Waals surface area contributed by atoms with Gasteiger partial charge in [-0.25, -0.2) is 4.79 Å². The summed E-state index contributed by atoms with van der Waals surface area (Å²) in [6.07, 6.45) is 0.463. The van der Waals surface area contributed by atoms with E-state index in [1.54, 1.807) is 29.2 Å². The molecule has 0 fully saturated rings. The van der Waals surface area contributed by atoms with Gasteiger partial charge in [0.25, 0.3) is 0 Å². The molecule has 122 valence electrons. The Hall–Kier alpha value is -1.71. The zero-order chi connectivity index (χ0) is 16.8. The van der Waals surface area contributed by atoms with Crippen molar-refractivity contribution in [3.05, 3.63) is 64.1 Å². The number of benzene rings is 2. The van der Waals surface area contributed by atoms with Gasteiger partial charge in [-0.3, -0.25) is 0 Å². The van der Waals surface area contributed by atoms with Gasteiger partial charge in [0.15, 0.2) is 0 Å². The van der Waals surface area contributed by atoms with Crippen LogP contribution in [0.1, 0.15) is 31.9 Å². The number of hydrogen-bond acceptors (Lipinski definition) is 2. The van der Waals surface area contributed by atoms with Gasteiger partial charge in [0, 0.05) is 16.6 Å². The van der Waals surface area contributed by atoms with Gasteiger partial charge in [-0.15, -0.1) is 0 Å². The Morgan fingerprint density at radius 1 is 1.04 bits per heavy atom. The van der Waals surface area contributed by atoms with Crippen LogP contribution in [0.2, 0.25) is 10.0 Å². The van der Waals surface area contributed by atoms with Crippen LogP contribution in [0.15, 0.2) is 48.5 Å². The Balaban J connectivity index is 2.14. The molecule has 0 N–H and O–H groups in total. The highest BCUT2D eigenvalue weighted by atomic mass is 35.5. The van der Waals surface area contributed by atoms with E-state index in [1.807, 2.05) is 38.1 Å². The maximum atomic E-state index is 12.5. The van der Waals surface area contributed by atoms with Gasteiger partial charge >= 0.3 is 6.09 Å². The number of halogens is 2. The summed E-state index contributed by atoms with van der Waals surface area (Å²) in [5.74, 6) is 0.476. The van der Waals surface area contributed by atoms with Crippen LogP contribution >= 0.6 is 23.2 Å². The smallest absolute Gasteiger partial charge is 0.410 e. The second-order valence-electron chi connectivity index (χ2n) is 5.24. The molecule has 0 heterocycles. The summed E-state index contributed by atoms with van der Waals surface area (Å²) in [6.45, 7) is 4.61. The van der Waals surface area contributed by atoms with Crippen molar-refractivity contribution in [3.63, 3.8) is 0 Å². The highest BCUT2D eigenvalue weighted by molar-refractivity contribution is 6.30. The van der Waals surface area contributed by atoms with Gasteiger partial charge in [-0.2, -0.15) is 0 Å². The summed E-state index contributed by atoms with van der Waals surface area (Å²) in [6, 6.07) is 14.1. The second kappa shape index (κ2) is 8.23. The summed E-state index contributed by atoms with van der Waals surface area (Å²) in [5, 5.41) is 1.27. The lowest BCUT2D eigenvalue weighted by atomic mass is 10.1. The van der Waals surface area contributed by atoms with Crippen LogP contribution in [-0.2, 0) is 0 Å². The standard InChI is InChI=1S/C18H19Cl2NO2/c1-3-12-21(13(2)14-4-6-15(19)7-5-14)18(22)23-17-10-8-16(20)9-11-17/h4-11,13H,3,12H2,1-2H3. The van der Waals surface area contributed by atoms with Crippen LogP contribution in [0.25, 0.3) is 0 Å². The van der Waals surface area contributed by atoms with Crippen LogP contribution in [0.3, 0.4) is 0 Å². The Labute approximate surface area is 146 Å². The number of ether oxygens (including phenoxy) is 1. The molecule has 0 spiro atoms. The Bertz CT molecular complexity index is 641. The molecule has 0 saturated carbocycles. The van der Waals surface area contributed by atoms with Crippen LogP contribution in [0.5, 0.6) is 5.75 Å². The number of hydrogen-bond donors (Lipinski definition) is 0. The molecule has 1 atom stereocenters. The van der Waals surface area contributed by atoms with E-state index in [0.717, 1.165) is 12.0 Å². The minimum atomic E-state index is -0.378. The van der Waals surface area contributed by atoms with Crippen LogP contribution < -0.4 is 4.74 Å². The van der Waals surface area contributed by atoms with Gasteiger partial charge in [-0.05, 0) is 55.3 Å². The van der Waals surface area contributed by atoms with E-state index >= 15 is 0 Å². The van der Waals surface area contributed by atoms with Crippen molar-refractivity contribution in [3.8, 4) is 5.75 Å². The molecule has 0 aliphatic carbocycles. The third kappa shape index (κ3) is 4.88. The van der Waals surface area contributed by atoms with E-state index in [-0.39, 0.29) is 12.1 Å². The van der Waals surface area contributed by atoms with Crippen LogP contribution in [0, 0.1) is 0 Å². The predicted molar refractivity (Wildman–Crippen MR) is 94.3 cm³/mol. The predicted octanol–water partition coefficient (Wildman–Crippen LogP) is 5.97. The molecule has 23 heavy (non-hydrogen) atoms. The molecule has 0 bridgehead atoms. The van der Waals surface area contributed by atoms with Crippen LogP contribution in [-0.4, -0.2) is 17.5 Å². The molecule has 1 unspecified atom stereocenters. The third-order valence-electron chi connectivity index (χ3n) is 3.54. The van der Waals surface area contributed by atoms with Gasteiger partial charge in [0.1, 0.15) is 5.75 Å². The largest absolute Gasteiger partial charge is 0.415 e. The molecule has 3 nitrogen and oxygen atoms in total. The van der Waals surface area contributed by atoms with Gasteiger partial charge in [0.05, 0.1) is 6.04 Å². The number of amides is 1. The second-order valence-corrected chi connectivity index (χ2v) is 6.12. The molecule has 5 heteroatoms. The fraction of sp³-hybridized carbons (Fsp3) is 0.278. The van der Waals surface area contributed by atoms with E-state index in [4.69, 9.17) is 27.9 Å². The van der Waals surface area contributed by atoms with Crippen molar-refractivity contribution in [1.29, 1.82) is 0 Å². The fourth-order valence-corrected chi connectivity index (χ4v) is 2.52. The van der Waals surface area contributed by atoms with Crippen molar-refractivity contribution in [1.82, 2.24) is 4.90 Å². The van der Waals surface area contributed by atoms with Gasteiger partial charge in [-0.1, -0.05) is 42.3 Å². The summed E-state index contributed by atoms with van der Waals surface area (Å²) >= 11 is 11.8. The lowest BCUT2D eigenvalue weighted by molar-refractivity contribution is 0.135. The Morgan fingerprint density at radius 3 is 2.09 bits per heavy atom. The average molecular weight is 352 g/mol. The molecule has 0 aliphatic heterocycles. The van der Waals surface area contributed by atoms with Crippen molar-refractivity contribution in [2.45, 2.75) is 26.3 Å². The van der Waals surface area contributed by atoms with Crippen molar-refractivity contribution >= 4 is 29.3 Å². The van der Waals surface area contributed by atoms with Crippen molar-refractivity contribution in [2.75, 3.05) is 6.54 Å². The van der Waals surface area contributed by atoms with Gasteiger partial charge < -0.3 is 9.64 Å². The normalized spacial score (nSPS) is 11.8. The van der Waals surface area contributed by atoms with Crippen LogP contribution in [0.4, 0.5) is 4.79 Å². The van der Waals surface area contributed by atoms with Gasteiger partial charge in [0.2, 0.25) is 0 Å². The van der Waals surface area contributed by atoms with Crippen molar-refractivity contribution < 1.29 is 9.53 Å². The van der Waals surface area contributed by atoms with Crippen molar-refractivity contribution in [2.24, 2.45) is 0 Å². The van der Waals surface area contributed by atoms with E-state index in [0.29, 0.717) is 22.3 Å². The molecule has 2 rings (SSSR count). The summed E-state index contributed by atoms with van der Waals surface area (Å²) in [5.41, 5.74) is 1.01. The number of carbonyl (C=O) groups is 1. The molecule has 2 aromatic carbocycles. The first-order valence-electron chi connectivity index (χ1n) is 7.50. The maximum absolute atomic E-state index is 12.5. The summed E-state index contributed by atoms with van der Waals surface area (Å²) < 4.78 is 5.45. The third-order valence-corrected chi connectivity index (χ3v) is 4.04. The summed E-state index contributed by atoms with van der Waals surface area (Å²) in [4.78, 5) is 14.2. The maximum Gasteiger partial charge on any atom is 0.415 e. The zero-order valence-corrected chi connectivity index (χ0v) is 14.6. The minimum Gasteiger partial charge on any atom is -0.410 e. The lowest BCUT2D eigenvalue weighted by Gasteiger charge is -2.28. The first kappa shape index (κ1) is 17.6. The topological polar surface area (TPSA) is 29.5 Å². The fourth-order valence-electron chi connectivity index (χ4n) is 2.27. The molecular weight excluding hydrogens is 333 g/mol. The molecular formula is C18H19Cl2NO2. The first-order chi connectivity index (χ1) is 11.0. The first-order valence-corrected chi connectivity index (χ1v) is 8.26. The monoisotopic (exact) mass is 351 g/mol. The Kier molecular flexibility index (Phi) is 6.31. The van der Waals surface area contributed by atoms with E-state index in [1.165, 1.54) is 0 Å². The summed E-state index contributed by atoms with van der Waals surface area (Å²) in [7, 11) is 0. The molecule has 0 aliphatic rings. The number of nitrogens with zero attached hydrogens (tertiary/aromatic N) is 1. The minimum absolute atomic E-state index is 0.105. The molecule has 2 aromatic rings. The average Bonchev–Trinajstić information content (AvgIpc) is 2.55. The van der Waals surface area contributed by atoms with E-state index in [9.17, 15) is 4.79 Å². The molecule has 0 aromatic heterocycles. The molecule has 0 radical (unpaired) electrons. The highest BCUT2D eigenvalue weighted by Gasteiger charge is 2.22. The SMILES string of the molecule is CCCN(C(=O)Oc1ccc(Cl)cc1)C(C)c1ccc(Cl)cc1. The number of carbonyl (C=O) groups excluding carboxylic acids is 1. The lowest BCUT2D eigenvalue weighted by Crippen LogP contribution is -2.36. The van der Waals surface area contributed by atoms with E-state index in [2.05, 4.69) is 0 Å².